The van der Waals surface area contributed by atoms with Crippen molar-refractivity contribution in [1.29, 1.82) is 0 Å². The Hall–Kier alpha value is -2.09. The fraction of sp³-hybridized carbons (Fsp3) is 0.133. The van der Waals surface area contributed by atoms with Crippen molar-refractivity contribution in [3.8, 4) is 0 Å². The molecule has 1 aromatic heterocycles. The van der Waals surface area contributed by atoms with Crippen molar-refractivity contribution in [3.05, 3.63) is 59.5 Å². The van der Waals surface area contributed by atoms with Gasteiger partial charge in [0.15, 0.2) is 11.5 Å². The lowest BCUT2D eigenvalue weighted by Gasteiger charge is -2.00. The second-order valence-corrected chi connectivity index (χ2v) is 3.96. The van der Waals surface area contributed by atoms with Gasteiger partial charge in [-0.1, -0.05) is 36.4 Å². The summed E-state index contributed by atoms with van der Waals surface area (Å²) >= 11 is 0. The SMILES string of the molecule is CC(=O)c1occc1/C(C)=C/c1ccccc1. The Balaban J connectivity index is 2.37. The van der Waals surface area contributed by atoms with Gasteiger partial charge in [0.05, 0.1) is 6.26 Å². The molecular formula is C15H14O2. The number of furan rings is 1. The van der Waals surface area contributed by atoms with Crippen molar-refractivity contribution in [2.24, 2.45) is 0 Å². The van der Waals surface area contributed by atoms with E-state index in [0.29, 0.717) is 5.76 Å². The average Bonchev–Trinajstić information content (AvgIpc) is 2.79. The molecule has 0 bridgehead atoms. The molecular weight excluding hydrogens is 212 g/mol. The summed E-state index contributed by atoms with van der Waals surface area (Å²) in [5.74, 6) is 0.375. The summed E-state index contributed by atoms with van der Waals surface area (Å²) in [7, 11) is 0. The zero-order chi connectivity index (χ0) is 12.3. The van der Waals surface area contributed by atoms with Crippen LogP contribution in [0, 0.1) is 0 Å². The topological polar surface area (TPSA) is 30.2 Å². The van der Waals surface area contributed by atoms with Gasteiger partial charge < -0.3 is 4.42 Å². The molecule has 0 saturated heterocycles. The molecule has 0 aliphatic carbocycles. The van der Waals surface area contributed by atoms with Gasteiger partial charge >= 0.3 is 0 Å². The molecule has 1 heterocycles. The Labute approximate surface area is 101 Å². The monoisotopic (exact) mass is 226 g/mol. The molecule has 0 amide bonds. The average molecular weight is 226 g/mol. The predicted molar refractivity (Wildman–Crippen MR) is 68.7 cm³/mol. The van der Waals surface area contributed by atoms with Crippen molar-refractivity contribution in [2.75, 3.05) is 0 Å². The predicted octanol–water partition coefficient (Wildman–Crippen LogP) is 4.04. The molecule has 86 valence electrons. The van der Waals surface area contributed by atoms with Gasteiger partial charge in [0.25, 0.3) is 0 Å². The van der Waals surface area contributed by atoms with Crippen LogP contribution in [0.5, 0.6) is 0 Å². The van der Waals surface area contributed by atoms with Gasteiger partial charge in [-0.2, -0.15) is 0 Å². The number of Topliss-reactive ketones (excluding diaryl/α,β-unsaturated/α-hetero) is 1. The number of carbonyl (C=O) groups is 1. The van der Waals surface area contributed by atoms with Gasteiger partial charge in [-0.25, -0.2) is 0 Å². The fourth-order valence-electron chi connectivity index (χ4n) is 1.77. The van der Waals surface area contributed by atoms with E-state index in [1.807, 2.05) is 49.4 Å². The maximum atomic E-state index is 11.4. The molecule has 2 aromatic rings. The zero-order valence-electron chi connectivity index (χ0n) is 9.94. The fourth-order valence-corrected chi connectivity index (χ4v) is 1.77. The lowest BCUT2D eigenvalue weighted by Crippen LogP contribution is -1.93. The van der Waals surface area contributed by atoms with Gasteiger partial charge in [0, 0.05) is 12.5 Å². The van der Waals surface area contributed by atoms with E-state index in [2.05, 4.69) is 0 Å². The molecule has 0 N–H and O–H groups in total. The van der Waals surface area contributed by atoms with Crippen LogP contribution in [0.15, 0.2) is 47.1 Å². The molecule has 0 unspecified atom stereocenters. The quantitative estimate of drug-likeness (QED) is 0.739. The minimum Gasteiger partial charge on any atom is -0.461 e. The molecule has 0 saturated carbocycles. The van der Waals surface area contributed by atoms with Crippen LogP contribution < -0.4 is 0 Å². The molecule has 1 aromatic carbocycles. The highest BCUT2D eigenvalue weighted by atomic mass is 16.3. The van der Waals surface area contributed by atoms with E-state index in [1.165, 1.54) is 6.92 Å². The number of carbonyl (C=O) groups excluding carboxylic acids is 1. The van der Waals surface area contributed by atoms with Gasteiger partial charge in [-0.3, -0.25) is 4.79 Å². The summed E-state index contributed by atoms with van der Waals surface area (Å²) in [5, 5.41) is 0. The van der Waals surface area contributed by atoms with Crippen LogP contribution in [0.3, 0.4) is 0 Å². The summed E-state index contributed by atoms with van der Waals surface area (Å²) in [6.45, 7) is 3.49. The summed E-state index contributed by atoms with van der Waals surface area (Å²) in [6, 6.07) is 11.8. The minimum atomic E-state index is -0.0502. The van der Waals surface area contributed by atoms with E-state index in [0.717, 1.165) is 16.7 Å². The number of rotatable bonds is 3. The molecule has 0 aliphatic rings. The summed E-state index contributed by atoms with van der Waals surface area (Å²) in [4.78, 5) is 11.4. The molecule has 0 aliphatic heterocycles. The van der Waals surface area contributed by atoms with Gasteiger partial charge in [-0.05, 0) is 24.1 Å². The van der Waals surface area contributed by atoms with E-state index >= 15 is 0 Å². The van der Waals surface area contributed by atoms with Crippen molar-refractivity contribution < 1.29 is 9.21 Å². The van der Waals surface area contributed by atoms with Gasteiger partial charge in [-0.15, -0.1) is 0 Å². The second kappa shape index (κ2) is 4.83. The molecule has 0 atom stereocenters. The van der Waals surface area contributed by atoms with Crippen molar-refractivity contribution in [1.82, 2.24) is 0 Å². The Morgan fingerprint density at radius 3 is 2.47 bits per heavy atom. The first-order chi connectivity index (χ1) is 8.18. The van der Waals surface area contributed by atoms with Crippen LogP contribution >= 0.6 is 0 Å². The molecule has 17 heavy (non-hydrogen) atoms. The zero-order valence-corrected chi connectivity index (χ0v) is 9.94. The molecule has 2 rings (SSSR count). The maximum Gasteiger partial charge on any atom is 0.195 e. The first-order valence-electron chi connectivity index (χ1n) is 5.50. The van der Waals surface area contributed by atoms with Crippen LogP contribution in [0.1, 0.15) is 35.5 Å². The molecule has 0 radical (unpaired) electrons. The van der Waals surface area contributed by atoms with Crippen molar-refractivity contribution in [3.63, 3.8) is 0 Å². The summed E-state index contributed by atoms with van der Waals surface area (Å²) < 4.78 is 5.19. The highest BCUT2D eigenvalue weighted by molar-refractivity contribution is 5.98. The van der Waals surface area contributed by atoms with Crippen molar-refractivity contribution in [2.45, 2.75) is 13.8 Å². The van der Waals surface area contributed by atoms with E-state index in [4.69, 9.17) is 4.42 Å². The molecule has 0 fully saturated rings. The normalized spacial score (nSPS) is 11.5. The summed E-state index contributed by atoms with van der Waals surface area (Å²) in [5.41, 5.74) is 3.00. The Morgan fingerprint density at radius 1 is 1.12 bits per heavy atom. The first kappa shape index (κ1) is 11.4. The van der Waals surface area contributed by atoms with E-state index in [9.17, 15) is 4.79 Å². The number of allylic oxidation sites excluding steroid dienone is 1. The van der Waals surface area contributed by atoms with Crippen molar-refractivity contribution >= 4 is 17.4 Å². The highest BCUT2D eigenvalue weighted by Gasteiger charge is 2.11. The van der Waals surface area contributed by atoms with Gasteiger partial charge in [0.1, 0.15) is 0 Å². The number of hydrogen-bond acceptors (Lipinski definition) is 2. The van der Waals surface area contributed by atoms with Crippen LogP contribution in [0.25, 0.3) is 11.6 Å². The van der Waals surface area contributed by atoms with Crippen LogP contribution in [0.4, 0.5) is 0 Å². The lowest BCUT2D eigenvalue weighted by molar-refractivity contribution is 0.0987. The third-order valence-electron chi connectivity index (χ3n) is 2.59. The van der Waals surface area contributed by atoms with Crippen LogP contribution in [0.2, 0.25) is 0 Å². The third-order valence-corrected chi connectivity index (χ3v) is 2.59. The smallest absolute Gasteiger partial charge is 0.195 e. The number of benzene rings is 1. The van der Waals surface area contributed by atoms with Gasteiger partial charge in [0.2, 0.25) is 0 Å². The Morgan fingerprint density at radius 2 is 1.82 bits per heavy atom. The summed E-state index contributed by atoms with van der Waals surface area (Å²) in [6.07, 6.45) is 3.59. The highest BCUT2D eigenvalue weighted by Crippen LogP contribution is 2.22. The maximum absolute atomic E-state index is 11.4. The first-order valence-corrected chi connectivity index (χ1v) is 5.50. The van der Waals surface area contributed by atoms with Crippen LogP contribution in [-0.2, 0) is 0 Å². The molecule has 2 nitrogen and oxygen atoms in total. The standard InChI is InChI=1S/C15H14O2/c1-11(10-13-6-4-3-5-7-13)14-8-9-17-15(14)12(2)16/h3-10H,1-2H3/b11-10+. The van der Waals surface area contributed by atoms with E-state index in [1.54, 1.807) is 6.26 Å². The second-order valence-electron chi connectivity index (χ2n) is 3.96. The number of ketones is 1. The van der Waals surface area contributed by atoms with E-state index in [-0.39, 0.29) is 5.78 Å². The minimum absolute atomic E-state index is 0.0502. The Kier molecular flexibility index (Phi) is 3.24. The molecule has 0 spiro atoms. The Bertz CT molecular complexity index is 547. The van der Waals surface area contributed by atoms with E-state index < -0.39 is 0 Å². The lowest BCUT2D eigenvalue weighted by atomic mass is 10.0. The van der Waals surface area contributed by atoms with Crippen LogP contribution in [-0.4, -0.2) is 5.78 Å². The largest absolute Gasteiger partial charge is 0.461 e. The molecule has 2 heteroatoms. The number of hydrogen-bond donors (Lipinski definition) is 0. The third kappa shape index (κ3) is 2.53.